The number of hydrogen-bond acceptors (Lipinski definition) is 3. The highest BCUT2D eigenvalue weighted by atomic mass is 32.2. The summed E-state index contributed by atoms with van der Waals surface area (Å²) >= 11 is 1.69. The molecule has 3 aromatic carbocycles. The van der Waals surface area contributed by atoms with Gasteiger partial charge in [0.15, 0.2) is 0 Å². The Morgan fingerprint density at radius 3 is 2.52 bits per heavy atom. The first-order valence-corrected chi connectivity index (χ1v) is 8.35. The van der Waals surface area contributed by atoms with Crippen molar-refractivity contribution in [1.82, 2.24) is 4.98 Å². The third-order valence-corrected chi connectivity index (χ3v) is 5.18. The van der Waals surface area contributed by atoms with Crippen molar-refractivity contribution >= 4 is 39.1 Å². The molecule has 0 aliphatic carbocycles. The molecule has 2 nitrogen and oxygen atoms in total. The second kappa shape index (κ2) is 5.60. The zero-order chi connectivity index (χ0) is 15.8. The number of pyridine rings is 1. The van der Waals surface area contributed by atoms with Gasteiger partial charge in [-0.3, -0.25) is 4.98 Å². The van der Waals surface area contributed by atoms with Crippen molar-refractivity contribution in [2.24, 2.45) is 0 Å². The monoisotopic (exact) mass is 316 g/mol. The number of anilines is 1. The molecule has 0 saturated heterocycles. The average molecular weight is 316 g/mol. The fraction of sp³-hybridized carbons (Fsp3) is 0.0500. The van der Waals surface area contributed by atoms with Crippen LogP contribution in [0.25, 0.3) is 21.7 Å². The van der Waals surface area contributed by atoms with Crippen molar-refractivity contribution in [3.8, 4) is 0 Å². The molecular weight excluding hydrogens is 300 g/mol. The summed E-state index contributed by atoms with van der Waals surface area (Å²) in [5.41, 5.74) is 9.54. The van der Waals surface area contributed by atoms with Crippen LogP contribution in [0.4, 0.5) is 5.69 Å². The molecule has 23 heavy (non-hydrogen) atoms. The Kier molecular flexibility index (Phi) is 3.43. The molecule has 0 bridgehead atoms. The Labute approximate surface area is 139 Å². The van der Waals surface area contributed by atoms with Gasteiger partial charge in [0.05, 0.1) is 11.2 Å². The molecule has 0 amide bonds. The van der Waals surface area contributed by atoms with Crippen LogP contribution >= 0.6 is 11.8 Å². The number of rotatable bonds is 2. The number of fused-ring (bicyclic) bond motifs is 2. The van der Waals surface area contributed by atoms with Gasteiger partial charge in [0.1, 0.15) is 0 Å². The Bertz CT molecular complexity index is 1020. The van der Waals surface area contributed by atoms with Gasteiger partial charge in [0, 0.05) is 26.8 Å². The van der Waals surface area contributed by atoms with Gasteiger partial charge in [-0.2, -0.15) is 0 Å². The van der Waals surface area contributed by atoms with Crippen LogP contribution < -0.4 is 5.73 Å². The fourth-order valence-electron chi connectivity index (χ4n) is 2.91. The Morgan fingerprint density at radius 1 is 0.870 bits per heavy atom. The second-order valence-corrected chi connectivity index (χ2v) is 6.67. The van der Waals surface area contributed by atoms with Crippen LogP contribution in [0.15, 0.2) is 76.7 Å². The van der Waals surface area contributed by atoms with Gasteiger partial charge >= 0.3 is 0 Å². The maximum absolute atomic E-state index is 6.44. The maximum atomic E-state index is 6.44. The van der Waals surface area contributed by atoms with E-state index >= 15 is 0 Å². The van der Waals surface area contributed by atoms with Crippen molar-refractivity contribution in [1.29, 1.82) is 0 Å². The zero-order valence-electron chi connectivity index (χ0n) is 12.8. The topological polar surface area (TPSA) is 38.9 Å². The van der Waals surface area contributed by atoms with Gasteiger partial charge in [0.2, 0.25) is 0 Å². The van der Waals surface area contributed by atoms with E-state index in [-0.39, 0.29) is 0 Å². The van der Waals surface area contributed by atoms with E-state index in [9.17, 15) is 0 Å². The Hall–Kier alpha value is -2.52. The van der Waals surface area contributed by atoms with Gasteiger partial charge in [-0.05, 0) is 36.1 Å². The first-order chi connectivity index (χ1) is 11.2. The molecule has 4 aromatic rings. The average Bonchev–Trinajstić information content (AvgIpc) is 2.60. The molecule has 0 aliphatic heterocycles. The number of benzene rings is 3. The summed E-state index contributed by atoms with van der Waals surface area (Å²) in [5, 5.41) is 3.47. The quantitative estimate of drug-likeness (QED) is 0.501. The van der Waals surface area contributed by atoms with Crippen molar-refractivity contribution in [3.63, 3.8) is 0 Å². The lowest BCUT2D eigenvalue weighted by Crippen LogP contribution is -1.93. The van der Waals surface area contributed by atoms with Crippen molar-refractivity contribution < 1.29 is 0 Å². The van der Waals surface area contributed by atoms with E-state index in [2.05, 4.69) is 60.4 Å². The molecule has 0 spiro atoms. The van der Waals surface area contributed by atoms with Crippen molar-refractivity contribution in [3.05, 3.63) is 72.4 Å². The number of nitrogens with two attached hydrogens (primary N) is 1. The number of hydrogen-bond donors (Lipinski definition) is 1. The molecule has 0 atom stereocenters. The fourth-order valence-corrected chi connectivity index (χ4v) is 4.01. The summed E-state index contributed by atoms with van der Waals surface area (Å²) in [7, 11) is 0. The van der Waals surface area contributed by atoms with E-state index in [1.807, 2.05) is 18.3 Å². The lowest BCUT2D eigenvalue weighted by atomic mass is 10.0. The highest BCUT2D eigenvalue weighted by Gasteiger charge is 2.11. The smallest absolute Gasteiger partial charge is 0.0841 e. The number of aromatic nitrogens is 1. The van der Waals surface area contributed by atoms with Gasteiger partial charge < -0.3 is 5.73 Å². The van der Waals surface area contributed by atoms with E-state index in [0.29, 0.717) is 0 Å². The number of nitrogens with zero attached hydrogens (tertiary/aromatic N) is 1. The van der Waals surface area contributed by atoms with Gasteiger partial charge in [-0.25, -0.2) is 0 Å². The maximum Gasteiger partial charge on any atom is 0.0841 e. The predicted molar refractivity (Wildman–Crippen MR) is 99.0 cm³/mol. The van der Waals surface area contributed by atoms with Crippen LogP contribution in [0.3, 0.4) is 0 Å². The molecule has 0 fully saturated rings. The van der Waals surface area contributed by atoms with Gasteiger partial charge in [0.25, 0.3) is 0 Å². The molecule has 2 N–H and O–H groups in total. The van der Waals surface area contributed by atoms with E-state index < -0.39 is 0 Å². The summed E-state index contributed by atoms with van der Waals surface area (Å²) in [5.74, 6) is 0. The highest BCUT2D eigenvalue weighted by molar-refractivity contribution is 7.99. The van der Waals surface area contributed by atoms with Crippen LogP contribution in [0.5, 0.6) is 0 Å². The molecule has 3 heteroatoms. The number of nitrogen functional groups attached to an aromatic ring is 1. The first kappa shape index (κ1) is 14.1. The molecule has 1 heterocycles. The van der Waals surface area contributed by atoms with Crippen LogP contribution in [0.1, 0.15) is 5.56 Å². The first-order valence-electron chi connectivity index (χ1n) is 7.53. The normalized spacial score (nSPS) is 11.2. The molecule has 4 rings (SSSR count). The Morgan fingerprint density at radius 2 is 1.65 bits per heavy atom. The summed E-state index contributed by atoms with van der Waals surface area (Å²) in [6.07, 6.45) is 1.83. The SMILES string of the molecule is Cc1cc(Sc2cccc3cccnc23)c(N)c2ccccc12. The summed E-state index contributed by atoms with van der Waals surface area (Å²) in [4.78, 5) is 6.74. The summed E-state index contributed by atoms with van der Waals surface area (Å²) in [6.45, 7) is 2.13. The largest absolute Gasteiger partial charge is 0.397 e. The van der Waals surface area contributed by atoms with Crippen LogP contribution in [0, 0.1) is 6.92 Å². The lowest BCUT2D eigenvalue weighted by Gasteiger charge is -2.12. The molecule has 1 aromatic heterocycles. The van der Waals surface area contributed by atoms with Crippen LogP contribution in [-0.2, 0) is 0 Å². The number of aryl methyl sites for hydroxylation is 1. The summed E-state index contributed by atoms with van der Waals surface area (Å²) in [6, 6.07) is 20.8. The number of para-hydroxylation sites is 1. The second-order valence-electron chi connectivity index (χ2n) is 5.58. The van der Waals surface area contributed by atoms with E-state index in [1.54, 1.807) is 11.8 Å². The zero-order valence-corrected chi connectivity index (χ0v) is 13.6. The predicted octanol–water partition coefficient (Wildman–Crippen LogP) is 5.43. The molecule has 112 valence electrons. The standard InChI is InChI=1S/C20H16N2S/c1-13-12-18(19(21)16-9-3-2-8-15(13)16)23-17-10-4-6-14-7-5-11-22-20(14)17/h2-12H,21H2,1H3. The molecule has 0 radical (unpaired) electrons. The Balaban J connectivity index is 1.88. The van der Waals surface area contributed by atoms with E-state index in [4.69, 9.17) is 5.73 Å². The van der Waals surface area contributed by atoms with E-state index in [1.165, 1.54) is 10.9 Å². The summed E-state index contributed by atoms with van der Waals surface area (Å²) < 4.78 is 0. The molecule has 0 aliphatic rings. The highest BCUT2D eigenvalue weighted by Crippen LogP contribution is 2.39. The van der Waals surface area contributed by atoms with Crippen molar-refractivity contribution in [2.45, 2.75) is 16.7 Å². The van der Waals surface area contributed by atoms with Gasteiger partial charge in [-0.1, -0.05) is 54.2 Å². The van der Waals surface area contributed by atoms with Gasteiger partial charge in [-0.15, -0.1) is 0 Å². The lowest BCUT2D eigenvalue weighted by molar-refractivity contribution is 1.34. The minimum Gasteiger partial charge on any atom is -0.397 e. The third-order valence-electron chi connectivity index (χ3n) is 4.07. The molecule has 0 unspecified atom stereocenters. The minimum atomic E-state index is 0.837. The molecular formula is C20H16N2S. The van der Waals surface area contributed by atoms with E-state index in [0.717, 1.165) is 31.8 Å². The third kappa shape index (κ3) is 2.43. The van der Waals surface area contributed by atoms with Crippen molar-refractivity contribution in [2.75, 3.05) is 5.73 Å². The van der Waals surface area contributed by atoms with Crippen LogP contribution in [-0.4, -0.2) is 4.98 Å². The van der Waals surface area contributed by atoms with Crippen LogP contribution in [0.2, 0.25) is 0 Å². The molecule has 0 saturated carbocycles. The minimum absolute atomic E-state index is 0.837.